The smallest absolute Gasteiger partial charge is 0.0744 e. The van der Waals surface area contributed by atoms with Crippen molar-refractivity contribution in [2.24, 2.45) is 0 Å². The zero-order valence-electron chi connectivity index (χ0n) is 9.73. The summed E-state index contributed by atoms with van der Waals surface area (Å²) in [5.41, 5.74) is 2.67. The number of benzene rings is 1. The predicted molar refractivity (Wildman–Crippen MR) is 62.0 cm³/mol. The van der Waals surface area contributed by atoms with E-state index >= 15 is 0 Å². The number of rotatable bonds is 1. The second kappa shape index (κ2) is 4.33. The van der Waals surface area contributed by atoms with Crippen molar-refractivity contribution in [1.29, 1.82) is 0 Å². The third-order valence-corrected chi connectivity index (χ3v) is 3.16. The van der Waals surface area contributed by atoms with E-state index in [1.54, 1.807) is 0 Å². The van der Waals surface area contributed by atoms with E-state index in [1.165, 1.54) is 11.1 Å². The molecule has 1 aromatic carbocycles. The Morgan fingerprint density at radius 2 is 1.93 bits per heavy atom. The van der Waals surface area contributed by atoms with Crippen molar-refractivity contribution in [3.05, 3.63) is 35.4 Å². The van der Waals surface area contributed by atoms with Crippen molar-refractivity contribution in [2.75, 3.05) is 20.2 Å². The van der Waals surface area contributed by atoms with Crippen molar-refractivity contribution in [1.82, 2.24) is 4.90 Å². The molecule has 1 aromatic rings. The number of hydrogen-bond donors (Lipinski definition) is 0. The van der Waals surface area contributed by atoms with Gasteiger partial charge in [-0.15, -0.1) is 0 Å². The van der Waals surface area contributed by atoms with Gasteiger partial charge < -0.3 is 4.74 Å². The quantitative estimate of drug-likeness (QED) is 0.698. The largest absolute Gasteiger partial charge is 0.375 e. The summed E-state index contributed by atoms with van der Waals surface area (Å²) in [5.74, 6) is 0. The minimum absolute atomic E-state index is 0.284. The molecule has 2 heteroatoms. The van der Waals surface area contributed by atoms with Crippen LogP contribution in [0.4, 0.5) is 0 Å². The van der Waals surface area contributed by atoms with Crippen LogP contribution < -0.4 is 0 Å². The molecule has 1 fully saturated rings. The van der Waals surface area contributed by atoms with E-state index in [1.807, 2.05) is 0 Å². The van der Waals surface area contributed by atoms with Gasteiger partial charge in [0.2, 0.25) is 0 Å². The highest BCUT2D eigenvalue weighted by molar-refractivity contribution is 5.25. The lowest BCUT2D eigenvalue weighted by molar-refractivity contribution is -0.0529. The van der Waals surface area contributed by atoms with Crippen LogP contribution in [0.5, 0.6) is 0 Å². The predicted octanol–water partition coefficient (Wildman–Crippen LogP) is 2.39. The molecule has 0 bridgehead atoms. The zero-order valence-corrected chi connectivity index (χ0v) is 9.73. The van der Waals surface area contributed by atoms with Crippen LogP contribution in [0.15, 0.2) is 24.3 Å². The molecule has 1 aliphatic rings. The molecule has 0 aromatic heterocycles. The van der Waals surface area contributed by atoms with Crippen LogP contribution in [-0.2, 0) is 4.74 Å². The summed E-state index contributed by atoms with van der Waals surface area (Å²) >= 11 is 0. The molecule has 0 aliphatic carbocycles. The fourth-order valence-corrected chi connectivity index (χ4v) is 2.26. The highest BCUT2D eigenvalue weighted by Gasteiger charge is 2.27. The van der Waals surface area contributed by atoms with Gasteiger partial charge in [-0.2, -0.15) is 0 Å². The molecule has 15 heavy (non-hydrogen) atoms. The average molecular weight is 205 g/mol. The molecule has 2 rings (SSSR count). The maximum Gasteiger partial charge on any atom is 0.0744 e. The summed E-state index contributed by atoms with van der Waals surface area (Å²) in [6, 6.07) is 9.16. The standard InChI is InChI=1S/C13H19NO/c1-10-4-6-12(7-5-10)13-11(2)15-9-8-14(13)3/h4-7,11,13H,8-9H2,1-3H3/t11-,13+/m0/s1. The van der Waals surface area contributed by atoms with Gasteiger partial charge in [0, 0.05) is 6.54 Å². The van der Waals surface area contributed by atoms with E-state index in [0.29, 0.717) is 6.04 Å². The zero-order chi connectivity index (χ0) is 10.8. The van der Waals surface area contributed by atoms with Gasteiger partial charge in [-0.25, -0.2) is 0 Å². The summed E-state index contributed by atoms with van der Waals surface area (Å²) in [7, 11) is 2.17. The number of nitrogens with zero attached hydrogens (tertiary/aromatic N) is 1. The van der Waals surface area contributed by atoms with Crippen LogP contribution in [0, 0.1) is 6.92 Å². The lowest BCUT2D eigenvalue weighted by Gasteiger charge is -2.37. The number of hydrogen-bond acceptors (Lipinski definition) is 2. The maximum atomic E-state index is 5.70. The topological polar surface area (TPSA) is 12.5 Å². The van der Waals surface area contributed by atoms with Crippen LogP contribution in [0.25, 0.3) is 0 Å². The Balaban J connectivity index is 2.23. The Morgan fingerprint density at radius 1 is 1.27 bits per heavy atom. The Morgan fingerprint density at radius 3 is 2.53 bits per heavy atom. The molecule has 82 valence electrons. The SMILES string of the molecule is Cc1ccc([C@H]2[C@H](C)OCCN2C)cc1. The fraction of sp³-hybridized carbons (Fsp3) is 0.538. The first-order valence-electron chi connectivity index (χ1n) is 5.57. The van der Waals surface area contributed by atoms with E-state index in [4.69, 9.17) is 4.74 Å². The van der Waals surface area contributed by atoms with Gasteiger partial charge in [0.25, 0.3) is 0 Å². The summed E-state index contributed by atoms with van der Waals surface area (Å²) < 4.78 is 5.70. The van der Waals surface area contributed by atoms with Crippen LogP contribution in [0.2, 0.25) is 0 Å². The van der Waals surface area contributed by atoms with Crippen molar-refractivity contribution in [3.8, 4) is 0 Å². The molecule has 0 amide bonds. The van der Waals surface area contributed by atoms with Crippen LogP contribution in [0.3, 0.4) is 0 Å². The van der Waals surface area contributed by atoms with Crippen LogP contribution >= 0.6 is 0 Å². The molecule has 1 aliphatic heterocycles. The number of morpholine rings is 1. The molecule has 0 spiro atoms. The minimum atomic E-state index is 0.284. The number of ether oxygens (including phenoxy) is 1. The van der Waals surface area contributed by atoms with E-state index in [2.05, 4.69) is 50.1 Å². The molecule has 0 N–H and O–H groups in total. The molecule has 0 unspecified atom stereocenters. The highest BCUT2D eigenvalue weighted by atomic mass is 16.5. The normalized spacial score (nSPS) is 27.9. The maximum absolute atomic E-state index is 5.70. The van der Waals surface area contributed by atoms with Gasteiger partial charge in [-0.05, 0) is 26.5 Å². The second-order valence-corrected chi connectivity index (χ2v) is 4.41. The van der Waals surface area contributed by atoms with E-state index in [-0.39, 0.29) is 6.10 Å². The molecular formula is C13H19NO. The lowest BCUT2D eigenvalue weighted by atomic mass is 9.99. The fourth-order valence-electron chi connectivity index (χ4n) is 2.26. The first kappa shape index (κ1) is 10.7. The lowest BCUT2D eigenvalue weighted by Crippen LogP contribution is -2.41. The molecular weight excluding hydrogens is 186 g/mol. The van der Waals surface area contributed by atoms with Gasteiger partial charge in [0.15, 0.2) is 0 Å². The summed E-state index contributed by atoms with van der Waals surface area (Å²) in [6.07, 6.45) is 0.284. The summed E-state index contributed by atoms with van der Waals surface area (Å²) in [6.45, 7) is 6.14. The second-order valence-electron chi connectivity index (χ2n) is 4.41. The third kappa shape index (κ3) is 2.21. The first-order chi connectivity index (χ1) is 7.18. The van der Waals surface area contributed by atoms with Crippen molar-refractivity contribution < 1.29 is 4.74 Å². The van der Waals surface area contributed by atoms with Gasteiger partial charge in [-0.3, -0.25) is 4.90 Å². The Labute approximate surface area is 91.9 Å². The molecule has 2 atom stereocenters. The number of aryl methyl sites for hydroxylation is 1. The Kier molecular flexibility index (Phi) is 3.08. The van der Waals surface area contributed by atoms with Crippen LogP contribution in [-0.4, -0.2) is 31.2 Å². The monoisotopic (exact) mass is 205 g/mol. The molecule has 0 radical (unpaired) electrons. The Bertz CT molecular complexity index is 310. The summed E-state index contributed by atoms with van der Waals surface area (Å²) in [5, 5.41) is 0. The number of likely N-dealkylation sites (N-methyl/N-ethyl adjacent to an activating group) is 1. The molecule has 1 saturated heterocycles. The highest BCUT2D eigenvalue weighted by Crippen LogP contribution is 2.27. The van der Waals surface area contributed by atoms with Gasteiger partial charge in [0.1, 0.15) is 0 Å². The minimum Gasteiger partial charge on any atom is -0.375 e. The first-order valence-corrected chi connectivity index (χ1v) is 5.57. The van der Waals surface area contributed by atoms with Crippen LogP contribution in [0.1, 0.15) is 24.1 Å². The van der Waals surface area contributed by atoms with Gasteiger partial charge >= 0.3 is 0 Å². The van der Waals surface area contributed by atoms with Gasteiger partial charge in [-0.1, -0.05) is 29.8 Å². The molecule has 2 nitrogen and oxygen atoms in total. The Hall–Kier alpha value is -0.860. The van der Waals surface area contributed by atoms with Crippen molar-refractivity contribution >= 4 is 0 Å². The van der Waals surface area contributed by atoms with Crippen molar-refractivity contribution in [2.45, 2.75) is 26.0 Å². The van der Waals surface area contributed by atoms with E-state index in [9.17, 15) is 0 Å². The third-order valence-electron chi connectivity index (χ3n) is 3.16. The summed E-state index contributed by atoms with van der Waals surface area (Å²) in [4.78, 5) is 2.37. The van der Waals surface area contributed by atoms with Gasteiger partial charge in [0.05, 0.1) is 18.8 Å². The van der Waals surface area contributed by atoms with E-state index < -0.39 is 0 Å². The van der Waals surface area contributed by atoms with Crippen molar-refractivity contribution in [3.63, 3.8) is 0 Å². The van der Waals surface area contributed by atoms with E-state index in [0.717, 1.165) is 13.2 Å². The molecule has 1 heterocycles. The average Bonchev–Trinajstić information content (AvgIpc) is 2.20. The molecule has 0 saturated carbocycles.